The van der Waals surface area contributed by atoms with Crippen molar-refractivity contribution in [3.63, 3.8) is 0 Å². The van der Waals surface area contributed by atoms with Crippen LogP contribution in [0.1, 0.15) is 12.5 Å². The maximum atomic E-state index is 5.38. The Labute approximate surface area is 105 Å². The highest BCUT2D eigenvalue weighted by Crippen LogP contribution is 2.31. The number of aryl methyl sites for hydroxylation is 1. The summed E-state index contributed by atoms with van der Waals surface area (Å²) in [5.74, 6) is 0. The number of nitrogens with zero attached hydrogens (tertiary/aromatic N) is 2. The number of fused-ring (bicyclic) bond motifs is 1. The number of para-hydroxylation sites is 1. The van der Waals surface area contributed by atoms with Crippen LogP contribution in [0, 0.1) is 0 Å². The minimum absolute atomic E-state index is 0.816. The van der Waals surface area contributed by atoms with Crippen molar-refractivity contribution < 1.29 is 4.74 Å². The van der Waals surface area contributed by atoms with Gasteiger partial charge in [0.1, 0.15) is 0 Å². The van der Waals surface area contributed by atoms with Crippen molar-refractivity contribution >= 4 is 26.7 Å². The van der Waals surface area contributed by atoms with Crippen LogP contribution in [-0.2, 0) is 11.2 Å². The lowest BCUT2D eigenvalue weighted by atomic mass is 10.1. The predicted molar refractivity (Wildman–Crippen MR) is 72.0 cm³/mol. The molecular weight excluding hydrogens is 232 g/mol. The van der Waals surface area contributed by atoms with Gasteiger partial charge in [0.05, 0.1) is 23.4 Å². The molecule has 0 atom stereocenters. The van der Waals surface area contributed by atoms with Crippen molar-refractivity contribution in [2.24, 2.45) is 0 Å². The summed E-state index contributed by atoms with van der Waals surface area (Å²) < 4.78 is 6.67. The molecule has 0 N–H and O–H groups in total. The van der Waals surface area contributed by atoms with Crippen LogP contribution in [0.25, 0.3) is 10.2 Å². The Balaban J connectivity index is 2.00. The predicted octanol–water partition coefficient (Wildman–Crippen LogP) is 2.70. The van der Waals surface area contributed by atoms with E-state index in [1.165, 1.54) is 15.8 Å². The Morgan fingerprint density at radius 1 is 1.35 bits per heavy atom. The molecule has 1 aromatic carbocycles. The van der Waals surface area contributed by atoms with Crippen LogP contribution < -0.4 is 4.90 Å². The molecule has 1 aromatic heterocycles. The molecule has 0 amide bonds. The smallest absolute Gasteiger partial charge is 0.186 e. The molecule has 0 unspecified atom stereocenters. The van der Waals surface area contributed by atoms with E-state index in [-0.39, 0.29) is 0 Å². The van der Waals surface area contributed by atoms with E-state index >= 15 is 0 Å². The molecule has 1 aliphatic heterocycles. The highest BCUT2D eigenvalue weighted by molar-refractivity contribution is 7.22. The fourth-order valence-corrected chi connectivity index (χ4v) is 3.23. The van der Waals surface area contributed by atoms with Crippen LogP contribution >= 0.6 is 11.3 Å². The minimum Gasteiger partial charge on any atom is -0.378 e. The molecule has 1 saturated heterocycles. The third kappa shape index (κ3) is 2.03. The Hall–Kier alpha value is -1.13. The van der Waals surface area contributed by atoms with E-state index < -0.39 is 0 Å². The van der Waals surface area contributed by atoms with Crippen LogP contribution in [0.4, 0.5) is 5.13 Å². The number of aromatic nitrogens is 1. The molecule has 17 heavy (non-hydrogen) atoms. The van der Waals surface area contributed by atoms with E-state index in [2.05, 4.69) is 30.0 Å². The van der Waals surface area contributed by atoms with Gasteiger partial charge in [-0.1, -0.05) is 30.4 Å². The van der Waals surface area contributed by atoms with Gasteiger partial charge >= 0.3 is 0 Å². The number of thiazole rings is 1. The van der Waals surface area contributed by atoms with Gasteiger partial charge in [0, 0.05) is 13.1 Å². The summed E-state index contributed by atoms with van der Waals surface area (Å²) >= 11 is 1.79. The zero-order valence-electron chi connectivity index (χ0n) is 9.98. The summed E-state index contributed by atoms with van der Waals surface area (Å²) in [6.07, 6.45) is 1.05. The first-order valence-corrected chi connectivity index (χ1v) is 6.91. The average Bonchev–Trinajstić information content (AvgIpc) is 2.83. The van der Waals surface area contributed by atoms with Gasteiger partial charge in [-0.25, -0.2) is 4.98 Å². The molecule has 0 bridgehead atoms. The summed E-state index contributed by atoms with van der Waals surface area (Å²) in [6.45, 7) is 5.73. The molecule has 0 aliphatic carbocycles. The van der Waals surface area contributed by atoms with Crippen molar-refractivity contribution in [1.29, 1.82) is 0 Å². The number of anilines is 1. The van der Waals surface area contributed by atoms with Gasteiger partial charge in [-0.15, -0.1) is 0 Å². The third-order valence-electron chi connectivity index (χ3n) is 3.15. The lowest BCUT2D eigenvalue weighted by Crippen LogP contribution is -2.36. The Kier molecular flexibility index (Phi) is 2.99. The molecule has 0 spiro atoms. The van der Waals surface area contributed by atoms with Crippen LogP contribution in [-0.4, -0.2) is 31.3 Å². The van der Waals surface area contributed by atoms with E-state index in [0.717, 1.165) is 37.9 Å². The van der Waals surface area contributed by atoms with Crippen molar-refractivity contribution in [3.05, 3.63) is 23.8 Å². The topological polar surface area (TPSA) is 25.4 Å². The van der Waals surface area contributed by atoms with E-state index in [0.29, 0.717) is 0 Å². The molecular formula is C13H16N2OS. The molecule has 0 saturated carbocycles. The number of hydrogen-bond acceptors (Lipinski definition) is 4. The summed E-state index contributed by atoms with van der Waals surface area (Å²) in [6, 6.07) is 6.46. The summed E-state index contributed by atoms with van der Waals surface area (Å²) in [5, 5.41) is 1.14. The molecule has 3 nitrogen and oxygen atoms in total. The first kappa shape index (κ1) is 11.0. The van der Waals surface area contributed by atoms with Gasteiger partial charge in [-0.2, -0.15) is 0 Å². The lowest BCUT2D eigenvalue weighted by Gasteiger charge is -2.25. The Morgan fingerprint density at radius 3 is 2.94 bits per heavy atom. The average molecular weight is 248 g/mol. The van der Waals surface area contributed by atoms with Crippen molar-refractivity contribution in [2.45, 2.75) is 13.3 Å². The van der Waals surface area contributed by atoms with E-state index in [1.807, 2.05) is 0 Å². The van der Waals surface area contributed by atoms with Gasteiger partial charge < -0.3 is 9.64 Å². The van der Waals surface area contributed by atoms with Gasteiger partial charge in [0.15, 0.2) is 5.13 Å². The largest absolute Gasteiger partial charge is 0.378 e. The molecule has 4 heteroatoms. The molecule has 1 aliphatic rings. The highest BCUT2D eigenvalue weighted by atomic mass is 32.1. The third-order valence-corrected chi connectivity index (χ3v) is 4.24. The molecule has 1 fully saturated rings. The van der Waals surface area contributed by atoms with Crippen molar-refractivity contribution in [3.8, 4) is 0 Å². The highest BCUT2D eigenvalue weighted by Gasteiger charge is 2.16. The normalized spacial score (nSPS) is 16.6. The van der Waals surface area contributed by atoms with Gasteiger partial charge in [0.2, 0.25) is 0 Å². The molecule has 2 heterocycles. The second kappa shape index (κ2) is 4.63. The second-order valence-corrected chi connectivity index (χ2v) is 5.22. The van der Waals surface area contributed by atoms with E-state index in [1.54, 1.807) is 11.3 Å². The van der Waals surface area contributed by atoms with Crippen LogP contribution in [0.15, 0.2) is 18.2 Å². The van der Waals surface area contributed by atoms with Crippen LogP contribution in [0.3, 0.4) is 0 Å². The van der Waals surface area contributed by atoms with Crippen molar-refractivity contribution in [1.82, 2.24) is 4.98 Å². The number of morpholine rings is 1. The number of ether oxygens (including phenoxy) is 1. The molecule has 0 radical (unpaired) electrons. The fraction of sp³-hybridized carbons (Fsp3) is 0.462. The van der Waals surface area contributed by atoms with E-state index in [4.69, 9.17) is 9.72 Å². The first-order valence-electron chi connectivity index (χ1n) is 6.09. The molecule has 2 aromatic rings. The Morgan fingerprint density at radius 2 is 2.18 bits per heavy atom. The van der Waals surface area contributed by atoms with Crippen molar-refractivity contribution in [2.75, 3.05) is 31.2 Å². The maximum Gasteiger partial charge on any atom is 0.186 e. The number of rotatable bonds is 2. The van der Waals surface area contributed by atoms with Gasteiger partial charge in [-0.3, -0.25) is 0 Å². The number of hydrogen-bond donors (Lipinski definition) is 0. The zero-order valence-corrected chi connectivity index (χ0v) is 10.8. The lowest BCUT2D eigenvalue weighted by molar-refractivity contribution is 0.122. The SMILES string of the molecule is CCc1cccc2sc(N3CCOCC3)nc12. The zero-order chi connectivity index (χ0) is 11.7. The fourth-order valence-electron chi connectivity index (χ4n) is 2.17. The minimum atomic E-state index is 0.816. The Bertz CT molecular complexity index is 517. The maximum absolute atomic E-state index is 5.38. The monoisotopic (exact) mass is 248 g/mol. The van der Waals surface area contributed by atoms with Gasteiger partial charge in [-0.05, 0) is 18.1 Å². The standard InChI is InChI=1S/C13H16N2OS/c1-2-10-4-3-5-11-12(10)14-13(17-11)15-6-8-16-9-7-15/h3-5H,2,6-9H2,1H3. The van der Waals surface area contributed by atoms with E-state index in [9.17, 15) is 0 Å². The summed E-state index contributed by atoms with van der Waals surface area (Å²) in [4.78, 5) is 7.12. The second-order valence-electron chi connectivity index (χ2n) is 4.21. The summed E-state index contributed by atoms with van der Waals surface area (Å²) in [5.41, 5.74) is 2.53. The molecule has 90 valence electrons. The number of benzene rings is 1. The van der Waals surface area contributed by atoms with Gasteiger partial charge in [0.25, 0.3) is 0 Å². The van der Waals surface area contributed by atoms with Crippen LogP contribution in [0.2, 0.25) is 0 Å². The summed E-state index contributed by atoms with van der Waals surface area (Å²) in [7, 11) is 0. The first-order chi connectivity index (χ1) is 8.38. The molecule has 3 rings (SSSR count). The van der Waals surface area contributed by atoms with Crippen LogP contribution in [0.5, 0.6) is 0 Å². The quantitative estimate of drug-likeness (QED) is 0.817.